The van der Waals surface area contributed by atoms with Crippen molar-refractivity contribution in [2.24, 2.45) is 0 Å². The van der Waals surface area contributed by atoms with E-state index >= 15 is 0 Å². The Morgan fingerprint density at radius 1 is 1.00 bits per heavy atom. The molecule has 1 amide bonds. The number of aromatic nitrogens is 2. The van der Waals surface area contributed by atoms with Crippen molar-refractivity contribution in [3.05, 3.63) is 47.7 Å². The van der Waals surface area contributed by atoms with Crippen molar-refractivity contribution in [2.45, 2.75) is 38.1 Å². The molecule has 3 rings (SSSR count). The predicted octanol–water partition coefficient (Wildman–Crippen LogP) is 3.56. The van der Waals surface area contributed by atoms with Gasteiger partial charge >= 0.3 is 0 Å². The van der Waals surface area contributed by atoms with Gasteiger partial charge in [0.2, 0.25) is 0 Å². The molecule has 0 spiro atoms. The molecule has 1 saturated carbocycles. The molecule has 1 aliphatic carbocycles. The second kappa shape index (κ2) is 7.33. The number of carbonyl (C=O) groups excluding carboxylic acids is 1. The van der Waals surface area contributed by atoms with Gasteiger partial charge in [0.15, 0.2) is 23.1 Å². The van der Waals surface area contributed by atoms with E-state index in [0.717, 1.165) is 37.8 Å². The van der Waals surface area contributed by atoms with Crippen molar-refractivity contribution in [1.82, 2.24) is 15.5 Å². The highest BCUT2D eigenvalue weighted by atomic mass is 19.2. The molecule has 24 heavy (non-hydrogen) atoms. The lowest BCUT2D eigenvalue weighted by Crippen LogP contribution is -2.36. The maximum atomic E-state index is 13.2. The van der Waals surface area contributed by atoms with Gasteiger partial charge in [-0.3, -0.25) is 4.79 Å². The first kappa shape index (κ1) is 16.3. The summed E-state index contributed by atoms with van der Waals surface area (Å²) in [5.41, 5.74) is 0.582. The lowest BCUT2D eigenvalue weighted by Gasteiger charge is -2.22. The van der Waals surface area contributed by atoms with E-state index in [1.165, 1.54) is 12.5 Å². The first-order valence-electron chi connectivity index (χ1n) is 7.98. The van der Waals surface area contributed by atoms with E-state index in [2.05, 4.69) is 20.8 Å². The van der Waals surface area contributed by atoms with Gasteiger partial charge in [-0.15, -0.1) is 10.2 Å². The fourth-order valence-electron chi connectivity index (χ4n) is 2.75. The second-order valence-corrected chi connectivity index (χ2v) is 5.87. The second-order valence-electron chi connectivity index (χ2n) is 5.87. The van der Waals surface area contributed by atoms with Crippen LogP contribution in [0.3, 0.4) is 0 Å². The van der Waals surface area contributed by atoms with Crippen molar-refractivity contribution in [3.63, 3.8) is 0 Å². The van der Waals surface area contributed by atoms with Crippen LogP contribution < -0.4 is 10.6 Å². The SMILES string of the molecule is O=C(NC1CCCCC1)c1ccc(Nc2ccc(F)c(F)c2)nn1. The maximum Gasteiger partial charge on any atom is 0.272 e. The largest absolute Gasteiger partial charge is 0.348 e. The topological polar surface area (TPSA) is 66.9 Å². The van der Waals surface area contributed by atoms with Crippen LogP contribution in [-0.2, 0) is 0 Å². The van der Waals surface area contributed by atoms with Crippen LogP contribution in [0.5, 0.6) is 0 Å². The number of benzene rings is 1. The lowest BCUT2D eigenvalue weighted by atomic mass is 9.95. The fraction of sp³-hybridized carbons (Fsp3) is 0.353. The number of nitrogens with zero attached hydrogens (tertiary/aromatic N) is 2. The van der Waals surface area contributed by atoms with E-state index in [4.69, 9.17) is 0 Å². The number of rotatable bonds is 4. The number of amides is 1. The van der Waals surface area contributed by atoms with E-state index in [1.807, 2.05) is 0 Å². The molecule has 1 fully saturated rings. The van der Waals surface area contributed by atoms with E-state index in [-0.39, 0.29) is 17.6 Å². The third kappa shape index (κ3) is 4.04. The quantitative estimate of drug-likeness (QED) is 0.898. The Morgan fingerprint density at radius 3 is 2.46 bits per heavy atom. The molecule has 0 radical (unpaired) electrons. The van der Waals surface area contributed by atoms with Gasteiger partial charge in [0, 0.05) is 17.8 Å². The van der Waals surface area contributed by atoms with E-state index in [1.54, 1.807) is 12.1 Å². The van der Waals surface area contributed by atoms with Crippen LogP contribution in [0.1, 0.15) is 42.6 Å². The van der Waals surface area contributed by atoms with Crippen LogP contribution in [0.25, 0.3) is 0 Å². The average Bonchev–Trinajstić information content (AvgIpc) is 2.60. The minimum Gasteiger partial charge on any atom is -0.348 e. The average molecular weight is 332 g/mol. The van der Waals surface area contributed by atoms with Gasteiger partial charge in [-0.1, -0.05) is 19.3 Å². The number of carbonyl (C=O) groups is 1. The molecule has 126 valence electrons. The summed E-state index contributed by atoms with van der Waals surface area (Å²) >= 11 is 0. The third-order valence-electron chi connectivity index (χ3n) is 4.03. The summed E-state index contributed by atoms with van der Waals surface area (Å²) < 4.78 is 26.1. The molecule has 0 atom stereocenters. The number of hydrogen-bond acceptors (Lipinski definition) is 4. The predicted molar refractivity (Wildman–Crippen MR) is 86.0 cm³/mol. The van der Waals surface area contributed by atoms with Gasteiger partial charge in [0.25, 0.3) is 5.91 Å². The number of anilines is 2. The normalized spacial score (nSPS) is 15.1. The molecule has 0 saturated heterocycles. The van der Waals surface area contributed by atoms with Crippen molar-refractivity contribution < 1.29 is 13.6 Å². The van der Waals surface area contributed by atoms with Gasteiger partial charge in [-0.2, -0.15) is 0 Å². The first-order valence-corrected chi connectivity index (χ1v) is 7.98. The zero-order valence-corrected chi connectivity index (χ0v) is 13.1. The number of nitrogens with one attached hydrogen (secondary N) is 2. The molecule has 1 aromatic heterocycles. The molecule has 7 heteroatoms. The van der Waals surface area contributed by atoms with Gasteiger partial charge in [0.05, 0.1) is 0 Å². The summed E-state index contributed by atoms with van der Waals surface area (Å²) in [5.74, 6) is -1.76. The van der Waals surface area contributed by atoms with Crippen molar-refractivity contribution >= 4 is 17.4 Å². The summed E-state index contributed by atoms with van der Waals surface area (Å²) in [5, 5.41) is 13.6. The Balaban J connectivity index is 1.61. The molecule has 2 N–H and O–H groups in total. The minimum absolute atomic E-state index is 0.202. The summed E-state index contributed by atoms with van der Waals surface area (Å²) in [6.45, 7) is 0. The number of hydrogen-bond donors (Lipinski definition) is 2. The highest BCUT2D eigenvalue weighted by Gasteiger charge is 2.17. The van der Waals surface area contributed by atoms with E-state index in [9.17, 15) is 13.6 Å². The molecule has 1 heterocycles. The standard InChI is InChI=1S/C17H18F2N4O/c18-13-7-6-12(10-14(13)19)20-16-9-8-15(22-23-16)17(24)21-11-4-2-1-3-5-11/h6-11H,1-5H2,(H,20,23)(H,21,24). The summed E-state index contributed by atoms with van der Waals surface area (Å²) in [6, 6.07) is 6.77. The highest BCUT2D eigenvalue weighted by molar-refractivity contribution is 5.92. The Labute approximate surface area is 138 Å². The monoisotopic (exact) mass is 332 g/mol. The highest BCUT2D eigenvalue weighted by Crippen LogP contribution is 2.19. The zero-order chi connectivity index (χ0) is 16.9. The van der Waals surface area contributed by atoms with Crippen LogP contribution in [-0.4, -0.2) is 22.1 Å². The van der Waals surface area contributed by atoms with Crippen LogP contribution in [0, 0.1) is 11.6 Å². The molecule has 1 aliphatic rings. The van der Waals surface area contributed by atoms with Crippen LogP contribution in [0.15, 0.2) is 30.3 Å². The van der Waals surface area contributed by atoms with Crippen LogP contribution in [0.2, 0.25) is 0 Å². The van der Waals surface area contributed by atoms with Crippen LogP contribution in [0.4, 0.5) is 20.3 Å². The number of halogens is 2. The molecule has 0 bridgehead atoms. The van der Waals surface area contributed by atoms with E-state index in [0.29, 0.717) is 11.5 Å². The van der Waals surface area contributed by atoms with Gasteiger partial charge in [0.1, 0.15) is 0 Å². The Kier molecular flexibility index (Phi) is 4.98. The Bertz CT molecular complexity index is 715. The molecule has 1 aromatic carbocycles. The molecule has 5 nitrogen and oxygen atoms in total. The van der Waals surface area contributed by atoms with Crippen molar-refractivity contribution in [3.8, 4) is 0 Å². The van der Waals surface area contributed by atoms with Gasteiger partial charge < -0.3 is 10.6 Å². The Morgan fingerprint density at radius 2 is 1.79 bits per heavy atom. The van der Waals surface area contributed by atoms with E-state index < -0.39 is 11.6 Å². The maximum absolute atomic E-state index is 13.2. The van der Waals surface area contributed by atoms with Crippen molar-refractivity contribution in [1.29, 1.82) is 0 Å². The fourth-order valence-corrected chi connectivity index (χ4v) is 2.75. The van der Waals surface area contributed by atoms with Crippen LogP contribution >= 0.6 is 0 Å². The lowest BCUT2D eigenvalue weighted by molar-refractivity contribution is 0.0921. The third-order valence-corrected chi connectivity index (χ3v) is 4.03. The van der Waals surface area contributed by atoms with Gasteiger partial charge in [-0.05, 0) is 37.1 Å². The van der Waals surface area contributed by atoms with Gasteiger partial charge in [-0.25, -0.2) is 8.78 Å². The summed E-state index contributed by atoms with van der Waals surface area (Å²) in [4.78, 5) is 12.1. The zero-order valence-electron chi connectivity index (χ0n) is 13.1. The molecular formula is C17H18F2N4O. The summed E-state index contributed by atoms with van der Waals surface area (Å²) in [7, 11) is 0. The smallest absolute Gasteiger partial charge is 0.272 e. The summed E-state index contributed by atoms with van der Waals surface area (Å²) in [6.07, 6.45) is 5.47. The first-order chi connectivity index (χ1) is 11.6. The molecule has 0 aliphatic heterocycles. The minimum atomic E-state index is -0.948. The molecular weight excluding hydrogens is 314 g/mol. The Hall–Kier alpha value is -2.57. The molecule has 0 unspecified atom stereocenters. The molecule has 2 aromatic rings. The van der Waals surface area contributed by atoms with Crippen molar-refractivity contribution in [2.75, 3.05) is 5.32 Å².